The lowest BCUT2D eigenvalue weighted by atomic mass is 9.76. The first-order valence-electron chi connectivity index (χ1n) is 6.70. The van der Waals surface area contributed by atoms with E-state index in [9.17, 15) is 13.5 Å². The molecular formula is C12H23NO3S. The minimum absolute atomic E-state index is 0.166. The van der Waals surface area contributed by atoms with E-state index < -0.39 is 10.0 Å². The Morgan fingerprint density at radius 2 is 1.82 bits per heavy atom. The summed E-state index contributed by atoms with van der Waals surface area (Å²) in [6.45, 7) is 3.07. The van der Waals surface area contributed by atoms with E-state index in [4.69, 9.17) is 0 Å². The van der Waals surface area contributed by atoms with E-state index in [-0.39, 0.29) is 23.7 Å². The molecule has 0 aromatic rings. The van der Waals surface area contributed by atoms with E-state index in [1.807, 2.05) is 6.92 Å². The SMILES string of the molecule is CCCCS(=O)(=O)N1CC2CCCC(C1)C2O. The summed E-state index contributed by atoms with van der Waals surface area (Å²) in [5.41, 5.74) is 0. The van der Waals surface area contributed by atoms with Crippen LogP contribution in [-0.4, -0.2) is 42.8 Å². The van der Waals surface area contributed by atoms with Crippen molar-refractivity contribution >= 4 is 10.0 Å². The monoisotopic (exact) mass is 261 g/mol. The predicted molar refractivity (Wildman–Crippen MR) is 67.1 cm³/mol. The van der Waals surface area contributed by atoms with Crippen LogP contribution in [-0.2, 0) is 10.0 Å². The van der Waals surface area contributed by atoms with Crippen LogP contribution in [0.1, 0.15) is 39.0 Å². The highest BCUT2D eigenvalue weighted by Crippen LogP contribution is 2.35. The molecule has 2 aliphatic rings. The smallest absolute Gasteiger partial charge is 0.214 e. The van der Waals surface area contributed by atoms with Crippen LogP contribution >= 0.6 is 0 Å². The maximum absolute atomic E-state index is 12.1. The summed E-state index contributed by atoms with van der Waals surface area (Å²) in [5, 5.41) is 10.0. The molecule has 0 aromatic heterocycles. The topological polar surface area (TPSA) is 57.6 Å². The van der Waals surface area contributed by atoms with E-state index in [0.717, 1.165) is 32.1 Å². The van der Waals surface area contributed by atoms with Crippen molar-refractivity contribution in [2.45, 2.75) is 45.1 Å². The second-order valence-electron chi connectivity index (χ2n) is 5.43. The molecule has 1 saturated heterocycles. The Bertz CT molecular complexity index is 341. The van der Waals surface area contributed by atoms with Crippen molar-refractivity contribution in [3.63, 3.8) is 0 Å². The Hall–Kier alpha value is -0.130. The highest BCUT2D eigenvalue weighted by atomic mass is 32.2. The highest BCUT2D eigenvalue weighted by Gasteiger charge is 2.41. The number of hydrogen-bond donors (Lipinski definition) is 1. The number of piperidine rings is 1. The molecule has 2 bridgehead atoms. The van der Waals surface area contributed by atoms with Gasteiger partial charge in [-0.25, -0.2) is 12.7 Å². The lowest BCUT2D eigenvalue weighted by molar-refractivity contribution is -0.0269. The fraction of sp³-hybridized carbons (Fsp3) is 1.00. The van der Waals surface area contributed by atoms with Gasteiger partial charge in [-0.3, -0.25) is 0 Å². The largest absolute Gasteiger partial charge is 0.392 e. The number of fused-ring (bicyclic) bond motifs is 2. The maximum atomic E-state index is 12.1. The van der Waals surface area contributed by atoms with Gasteiger partial charge < -0.3 is 5.11 Å². The van der Waals surface area contributed by atoms with Crippen LogP contribution in [0.2, 0.25) is 0 Å². The second kappa shape index (κ2) is 5.24. The second-order valence-corrected chi connectivity index (χ2v) is 7.52. The summed E-state index contributed by atoms with van der Waals surface area (Å²) in [5.74, 6) is 0.594. The first kappa shape index (κ1) is 13.3. The molecule has 2 fully saturated rings. The maximum Gasteiger partial charge on any atom is 0.214 e. The molecule has 2 rings (SSSR count). The predicted octanol–water partition coefficient (Wildman–Crippen LogP) is 1.21. The van der Waals surface area contributed by atoms with Crippen molar-refractivity contribution in [2.75, 3.05) is 18.8 Å². The van der Waals surface area contributed by atoms with E-state index in [2.05, 4.69) is 0 Å². The normalized spacial score (nSPS) is 34.8. The van der Waals surface area contributed by atoms with Crippen LogP contribution in [0.15, 0.2) is 0 Å². The zero-order valence-electron chi connectivity index (χ0n) is 10.5. The lowest BCUT2D eigenvalue weighted by Crippen LogP contribution is -2.53. The van der Waals surface area contributed by atoms with Gasteiger partial charge in [0, 0.05) is 13.1 Å². The van der Waals surface area contributed by atoms with Crippen molar-refractivity contribution in [3.8, 4) is 0 Å². The zero-order chi connectivity index (χ0) is 12.5. The van der Waals surface area contributed by atoms with E-state index in [1.165, 1.54) is 0 Å². The first-order chi connectivity index (χ1) is 8.04. The third-order valence-electron chi connectivity index (χ3n) is 4.14. The average Bonchev–Trinajstić information content (AvgIpc) is 2.25. The molecular weight excluding hydrogens is 238 g/mol. The first-order valence-corrected chi connectivity index (χ1v) is 8.31. The molecule has 100 valence electrons. The van der Waals surface area contributed by atoms with Gasteiger partial charge in [0.15, 0.2) is 0 Å². The summed E-state index contributed by atoms with van der Waals surface area (Å²) >= 11 is 0. The molecule has 1 heterocycles. The lowest BCUT2D eigenvalue weighted by Gasteiger charge is -2.44. The van der Waals surface area contributed by atoms with E-state index in [1.54, 1.807) is 4.31 Å². The van der Waals surface area contributed by atoms with Gasteiger partial charge in [-0.15, -0.1) is 0 Å². The molecule has 2 atom stereocenters. The van der Waals surface area contributed by atoms with Gasteiger partial charge in [0.2, 0.25) is 10.0 Å². The summed E-state index contributed by atoms with van der Waals surface area (Å²) in [6, 6.07) is 0. The fourth-order valence-electron chi connectivity index (χ4n) is 3.05. The Balaban J connectivity index is 2.04. The molecule has 5 heteroatoms. The number of nitrogens with zero attached hydrogens (tertiary/aromatic N) is 1. The van der Waals surface area contributed by atoms with Crippen LogP contribution in [0.4, 0.5) is 0 Å². The van der Waals surface area contributed by atoms with Crippen LogP contribution in [0, 0.1) is 11.8 Å². The summed E-state index contributed by atoms with van der Waals surface area (Å²) < 4.78 is 25.9. The minimum atomic E-state index is -3.09. The van der Waals surface area contributed by atoms with Crippen molar-refractivity contribution < 1.29 is 13.5 Å². The number of unbranched alkanes of at least 4 members (excludes halogenated alkanes) is 1. The third-order valence-corrected chi connectivity index (χ3v) is 6.03. The minimum Gasteiger partial charge on any atom is -0.392 e. The Kier molecular flexibility index (Phi) is 4.10. The van der Waals surface area contributed by atoms with Crippen LogP contribution in [0.5, 0.6) is 0 Å². The number of aliphatic hydroxyl groups is 1. The molecule has 17 heavy (non-hydrogen) atoms. The van der Waals surface area contributed by atoms with Crippen molar-refractivity contribution in [2.24, 2.45) is 11.8 Å². The van der Waals surface area contributed by atoms with Crippen molar-refractivity contribution in [3.05, 3.63) is 0 Å². The summed E-state index contributed by atoms with van der Waals surface area (Å²) in [7, 11) is -3.09. The number of rotatable bonds is 4. The Morgan fingerprint density at radius 1 is 1.24 bits per heavy atom. The molecule has 2 unspecified atom stereocenters. The number of aliphatic hydroxyl groups excluding tert-OH is 1. The van der Waals surface area contributed by atoms with Crippen LogP contribution in [0.25, 0.3) is 0 Å². The molecule has 1 saturated carbocycles. The molecule has 0 radical (unpaired) electrons. The quantitative estimate of drug-likeness (QED) is 0.827. The Morgan fingerprint density at radius 3 is 2.35 bits per heavy atom. The molecule has 0 aromatic carbocycles. The highest BCUT2D eigenvalue weighted by molar-refractivity contribution is 7.89. The van der Waals surface area contributed by atoms with Gasteiger partial charge in [-0.1, -0.05) is 19.8 Å². The summed E-state index contributed by atoms with van der Waals surface area (Å²) in [6.07, 6.45) is 4.44. The van der Waals surface area contributed by atoms with Crippen molar-refractivity contribution in [1.29, 1.82) is 0 Å². The van der Waals surface area contributed by atoms with E-state index in [0.29, 0.717) is 13.1 Å². The van der Waals surface area contributed by atoms with Gasteiger partial charge >= 0.3 is 0 Å². The Labute approximate surface area is 104 Å². The van der Waals surface area contributed by atoms with Gasteiger partial charge in [-0.05, 0) is 31.1 Å². The standard InChI is InChI=1S/C12H23NO3S/c1-2-3-7-17(15,16)13-8-10-5-4-6-11(9-13)12(10)14/h10-12,14H,2-9H2,1H3. The molecule has 4 nitrogen and oxygen atoms in total. The average molecular weight is 261 g/mol. The summed E-state index contributed by atoms with van der Waals surface area (Å²) in [4.78, 5) is 0. The van der Waals surface area contributed by atoms with Crippen molar-refractivity contribution in [1.82, 2.24) is 4.31 Å². The molecule has 0 amide bonds. The van der Waals surface area contributed by atoms with Gasteiger partial charge in [-0.2, -0.15) is 0 Å². The molecule has 0 spiro atoms. The number of sulfonamides is 1. The van der Waals surface area contributed by atoms with Gasteiger partial charge in [0.05, 0.1) is 11.9 Å². The fourth-order valence-corrected chi connectivity index (χ4v) is 4.80. The molecule has 1 aliphatic carbocycles. The van der Waals surface area contributed by atoms with Gasteiger partial charge in [0.25, 0.3) is 0 Å². The molecule has 1 aliphatic heterocycles. The molecule has 1 N–H and O–H groups in total. The third kappa shape index (κ3) is 2.83. The zero-order valence-corrected chi connectivity index (χ0v) is 11.3. The van der Waals surface area contributed by atoms with Crippen LogP contribution < -0.4 is 0 Å². The van der Waals surface area contributed by atoms with E-state index >= 15 is 0 Å². The van der Waals surface area contributed by atoms with Crippen LogP contribution in [0.3, 0.4) is 0 Å². The number of hydrogen-bond acceptors (Lipinski definition) is 3. The van der Waals surface area contributed by atoms with Gasteiger partial charge in [0.1, 0.15) is 0 Å².